The van der Waals surface area contributed by atoms with E-state index < -0.39 is 5.91 Å². The molecule has 0 aliphatic carbocycles. The van der Waals surface area contributed by atoms with Crippen LogP contribution in [-0.4, -0.2) is 55.0 Å². The van der Waals surface area contributed by atoms with E-state index >= 15 is 0 Å². The zero-order valence-corrected chi connectivity index (χ0v) is 22.8. The molecular formula is C29H29Cl2N5O3. The van der Waals surface area contributed by atoms with Gasteiger partial charge in [0.1, 0.15) is 18.5 Å². The van der Waals surface area contributed by atoms with Gasteiger partial charge in [0.05, 0.1) is 23.5 Å². The molecule has 6 rings (SSSR count). The van der Waals surface area contributed by atoms with E-state index in [1.165, 1.54) is 11.4 Å². The van der Waals surface area contributed by atoms with E-state index in [4.69, 9.17) is 43.1 Å². The first kappa shape index (κ1) is 25.8. The van der Waals surface area contributed by atoms with E-state index in [0.29, 0.717) is 28.8 Å². The van der Waals surface area contributed by atoms with Gasteiger partial charge in [-0.1, -0.05) is 23.2 Å². The number of anilines is 3. The fourth-order valence-corrected chi connectivity index (χ4v) is 5.55. The van der Waals surface area contributed by atoms with Crippen LogP contribution in [0.3, 0.4) is 0 Å². The third-order valence-corrected chi connectivity index (χ3v) is 7.63. The van der Waals surface area contributed by atoms with Gasteiger partial charge in [-0.15, -0.1) is 0 Å². The Morgan fingerprint density at radius 2 is 1.59 bits per heavy atom. The topological polar surface area (TPSA) is 78.0 Å². The molecule has 10 heteroatoms. The van der Waals surface area contributed by atoms with Crippen LogP contribution in [0, 0.1) is 0 Å². The van der Waals surface area contributed by atoms with Crippen LogP contribution in [-0.2, 0) is 15.4 Å². The Labute approximate surface area is 237 Å². The molecule has 0 spiro atoms. The first-order chi connectivity index (χ1) is 19.0. The van der Waals surface area contributed by atoms with Crippen LogP contribution in [0.1, 0.15) is 5.56 Å². The summed E-state index contributed by atoms with van der Waals surface area (Å²) in [5, 5.41) is 0.984. The van der Waals surface area contributed by atoms with Gasteiger partial charge in [-0.25, -0.2) is 4.98 Å². The Morgan fingerprint density at radius 3 is 2.21 bits per heavy atom. The molecule has 8 nitrogen and oxygen atoms in total. The summed E-state index contributed by atoms with van der Waals surface area (Å²) in [6.45, 7) is 4.45. The third kappa shape index (κ3) is 5.38. The highest BCUT2D eigenvalue weighted by Gasteiger charge is 2.46. The van der Waals surface area contributed by atoms with Crippen molar-refractivity contribution in [3.63, 3.8) is 0 Å². The minimum Gasteiger partial charge on any atom is -0.491 e. The predicted octanol–water partition coefficient (Wildman–Crippen LogP) is 5.25. The van der Waals surface area contributed by atoms with Gasteiger partial charge in [0.2, 0.25) is 0 Å². The number of rotatable bonds is 7. The maximum absolute atomic E-state index is 6.54. The second-order valence-electron chi connectivity index (χ2n) is 9.60. The van der Waals surface area contributed by atoms with Crippen molar-refractivity contribution in [1.29, 1.82) is 0 Å². The van der Waals surface area contributed by atoms with Crippen LogP contribution >= 0.6 is 23.2 Å². The number of halogens is 2. The van der Waals surface area contributed by atoms with Gasteiger partial charge in [0.25, 0.3) is 5.91 Å². The van der Waals surface area contributed by atoms with E-state index in [-0.39, 0.29) is 6.10 Å². The van der Waals surface area contributed by atoms with Gasteiger partial charge in [0.15, 0.2) is 0 Å². The molecule has 2 fully saturated rings. The first-order valence-corrected chi connectivity index (χ1v) is 13.6. The number of hydrogen-bond acceptors (Lipinski definition) is 7. The molecule has 39 heavy (non-hydrogen) atoms. The van der Waals surface area contributed by atoms with E-state index in [0.717, 1.165) is 37.6 Å². The lowest BCUT2D eigenvalue weighted by Gasteiger charge is -2.37. The smallest absolute Gasteiger partial charge is 0.287 e. The van der Waals surface area contributed by atoms with Crippen molar-refractivity contribution in [1.82, 2.24) is 9.55 Å². The lowest BCUT2D eigenvalue weighted by Crippen LogP contribution is -2.46. The largest absolute Gasteiger partial charge is 0.491 e. The molecule has 0 radical (unpaired) electrons. The summed E-state index contributed by atoms with van der Waals surface area (Å²) in [5.74, 6) is -0.475. The second-order valence-corrected chi connectivity index (χ2v) is 10.4. The van der Waals surface area contributed by atoms with Crippen LogP contribution in [0.25, 0.3) is 0 Å². The molecule has 2 N–H and O–H groups in total. The molecule has 2 unspecified atom stereocenters. The number of benzene rings is 3. The highest BCUT2D eigenvalue weighted by Crippen LogP contribution is 2.40. The Bertz CT molecular complexity index is 1390. The number of nitrogens with zero attached hydrogens (tertiary/aromatic N) is 4. The van der Waals surface area contributed by atoms with Crippen LogP contribution in [0.5, 0.6) is 5.75 Å². The molecule has 0 saturated carbocycles. The van der Waals surface area contributed by atoms with Crippen LogP contribution in [0.15, 0.2) is 85.5 Å². The molecular weight excluding hydrogens is 537 g/mol. The number of piperazine rings is 1. The van der Waals surface area contributed by atoms with E-state index in [1.54, 1.807) is 35.4 Å². The SMILES string of the molecule is Nc1ccc(N2CCN(c3ccc(OCC4COC(c5ccc(Cl)cc5Cl)(n5ccnc5)O4)cc3)CC2)cc1. The van der Waals surface area contributed by atoms with Crippen molar-refractivity contribution in [3.05, 3.63) is 101 Å². The lowest BCUT2D eigenvalue weighted by atomic mass is 10.1. The monoisotopic (exact) mass is 565 g/mol. The van der Waals surface area contributed by atoms with Crippen molar-refractivity contribution in [2.24, 2.45) is 0 Å². The standard InChI is InChI=1S/C29H29Cl2N5O3/c30-21-1-10-27(28(31)17-21)29(36-12-11-33-20-36)38-19-26(39-29)18-37-25-8-6-24(7-9-25)35-15-13-34(14-16-35)23-4-2-22(32)3-5-23/h1-12,17,20,26H,13-16,18-19,32H2. The number of nitrogen functional groups attached to an aromatic ring is 1. The Hall–Kier alpha value is -3.43. The summed E-state index contributed by atoms with van der Waals surface area (Å²) >= 11 is 12.7. The molecule has 2 atom stereocenters. The molecule has 2 saturated heterocycles. The van der Waals surface area contributed by atoms with Crippen LogP contribution < -0.4 is 20.3 Å². The molecule has 3 heterocycles. The van der Waals surface area contributed by atoms with Crippen LogP contribution in [0.2, 0.25) is 10.0 Å². The number of ether oxygens (including phenoxy) is 3. The molecule has 2 aliphatic rings. The minimum atomic E-state index is -1.25. The summed E-state index contributed by atoms with van der Waals surface area (Å²) in [6, 6.07) is 21.5. The molecule has 0 amide bonds. The molecule has 1 aromatic heterocycles. The van der Waals surface area contributed by atoms with Crippen LogP contribution in [0.4, 0.5) is 17.1 Å². The highest BCUT2D eigenvalue weighted by molar-refractivity contribution is 6.35. The fourth-order valence-electron chi connectivity index (χ4n) is 5.03. The van der Waals surface area contributed by atoms with Gasteiger partial charge in [0, 0.05) is 60.7 Å². The van der Waals surface area contributed by atoms with Gasteiger partial charge in [-0.05, 0) is 66.7 Å². The van der Waals surface area contributed by atoms with Gasteiger partial charge in [-0.2, -0.15) is 0 Å². The van der Waals surface area contributed by atoms with E-state index in [2.05, 4.69) is 39.0 Å². The number of nitrogens with two attached hydrogens (primary N) is 1. The summed E-state index contributed by atoms with van der Waals surface area (Å²) < 4.78 is 20.5. The fraction of sp³-hybridized carbons (Fsp3) is 0.276. The summed E-state index contributed by atoms with van der Waals surface area (Å²) in [7, 11) is 0. The van der Waals surface area contributed by atoms with Crippen molar-refractivity contribution in [2.75, 3.05) is 54.9 Å². The quantitative estimate of drug-likeness (QED) is 0.306. The first-order valence-electron chi connectivity index (χ1n) is 12.8. The average molecular weight is 566 g/mol. The Balaban J connectivity index is 1.06. The van der Waals surface area contributed by atoms with Gasteiger partial charge >= 0.3 is 0 Å². The summed E-state index contributed by atoms with van der Waals surface area (Å²) in [6.07, 6.45) is 4.77. The number of hydrogen-bond donors (Lipinski definition) is 1. The van der Waals surface area contributed by atoms with Crippen molar-refractivity contribution in [3.8, 4) is 5.75 Å². The Kier molecular flexibility index (Phi) is 7.27. The minimum absolute atomic E-state index is 0.319. The average Bonchev–Trinajstić information content (AvgIpc) is 3.64. The molecule has 2 aliphatic heterocycles. The third-order valence-electron chi connectivity index (χ3n) is 7.08. The second kappa shape index (κ2) is 11.0. The van der Waals surface area contributed by atoms with Crippen molar-refractivity contribution >= 4 is 40.3 Å². The normalized spacial score (nSPS) is 21.3. The van der Waals surface area contributed by atoms with Crippen molar-refractivity contribution in [2.45, 2.75) is 12.0 Å². The maximum Gasteiger partial charge on any atom is 0.287 e. The Morgan fingerprint density at radius 1 is 0.923 bits per heavy atom. The number of imidazole rings is 1. The number of aromatic nitrogens is 2. The highest BCUT2D eigenvalue weighted by atomic mass is 35.5. The predicted molar refractivity (Wildman–Crippen MR) is 154 cm³/mol. The molecule has 3 aromatic carbocycles. The van der Waals surface area contributed by atoms with E-state index in [9.17, 15) is 0 Å². The molecule has 202 valence electrons. The lowest BCUT2D eigenvalue weighted by molar-refractivity contribution is -0.200. The van der Waals surface area contributed by atoms with E-state index in [1.807, 2.05) is 30.3 Å². The van der Waals surface area contributed by atoms with Gasteiger partial charge in [-0.3, -0.25) is 4.57 Å². The van der Waals surface area contributed by atoms with Gasteiger partial charge < -0.3 is 29.7 Å². The zero-order valence-electron chi connectivity index (χ0n) is 21.2. The molecule has 0 bridgehead atoms. The maximum atomic E-state index is 6.54. The zero-order chi connectivity index (χ0) is 26.8. The van der Waals surface area contributed by atoms with Crippen molar-refractivity contribution < 1.29 is 14.2 Å². The molecule has 4 aromatic rings. The summed E-state index contributed by atoms with van der Waals surface area (Å²) in [4.78, 5) is 8.94. The summed E-state index contributed by atoms with van der Waals surface area (Å²) in [5.41, 5.74) is 9.65.